The molecule has 6 nitrogen and oxygen atoms in total. The van der Waals surface area contributed by atoms with Gasteiger partial charge in [0.05, 0.1) is 0 Å². The number of carbonyl (C=O) groups is 1. The summed E-state index contributed by atoms with van der Waals surface area (Å²) in [4.78, 5) is 18.7. The summed E-state index contributed by atoms with van der Waals surface area (Å²) >= 11 is 0. The zero-order valence-electron chi connectivity index (χ0n) is 13.1. The number of primary amides is 1. The van der Waals surface area contributed by atoms with Crippen LogP contribution in [0, 0.1) is 5.92 Å². The number of nitrogens with two attached hydrogens (primary N) is 1. The zero-order valence-corrected chi connectivity index (χ0v) is 13.1. The Balaban J connectivity index is 2.71. The molecule has 0 saturated carbocycles. The predicted molar refractivity (Wildman–Crippen MR) is 81.9 cm³/mol. The first-order chi connectivity index (χ1) is 9.90. The van der Waals surface area contributed by atoms with Crippen molar-refractivity contribution in [2.75, 3.05) is 20.8 Å². The highest BCUT2D eigenvalue weighted by atomic mass is 16.6. The summed E-state index contributed by atoms with van der Waals surface area (Å²) in [6.45, 7) is 5.10. The molecule has 1 heterocycles. The molecule has 0 aliphatic rings. The highest BCUT2D eigenvalue weighted by Gasteiger charge is 2.11. The molecule has 0 bridgehead atoms. The van der Waals surface area contributed by atoms with Gasteiger partial charge in [0.2, 0.25) is 0 Å². The van der Waals surface area contributed by atoms with E-state index >= 15 is 0 Å². The van der Waals surface area contributed by atoms with E-state index in [1.807, 2.05) is 31.1 Å². The lowest BCUT2D eigenvalue weighted by Gasteiger charge is -2.27. The number of allylic oxidation sites excluding steroid dienone is 1. The van der Waals surface area contributed by atoms with Crippen molar-refractivity contribution < 1.29 is 9.53 Å². The van der Waals surface area contributed by atoms with Crippen LogP contribution in [0.5, 0.6) is 0 Å². The lowest BCUT2D eigenvalue weighted by Crippen LogP contribution is -2.29. The van der Waals surface area contributed by atoms with E-state index < -0.39 is 6.09 Å². The molecule has 1 rings (SSSR count). The number of hydrogen-bond donors (Lipinski definition) is 1. The lowest BCUT2D eigenvalue weighted by molar-refractivity contribution is 0.101. The second-order valence-electron chi connectivity index (χ2n) is 5.27. The van der Waals surface area contributed by atoms with E-state index in [1.54, 1.807) is 12.4 Å². The van der Waals surface area contributed by atoms with Crippen LogP contribution in [0.3, 0.4) is 0 Å². The first-order valence-corrected chi connectivity index (χ1v) is 6.84. The Morgan fingerprint density at radius 1 is 1.38 bits per heavy atom. The predicted octanol–water partition coefficient (Wildman–Crippen LogP) is 2.00. The molecule has 116 valence electrons. The molecular formula is C15H24N4O2. The smallest absolute Gasteiger partial charge is 0.406 e. The quantitative estimate of drug-likeness (QED) is 0.778. The summed E-state index contributed by atoms with van der Waals surface area (Å²) in [6.07, 6.45) is 4.84. The van der Waals surface area contributed by atoms with Crippen molar-refractivity contribution in [1.29, 1.82) is 0 Å². The van der Waals surface area contributed by atoms with Crippen molar-refractivity contribution in [2.45, 2.75) is 20.4 Å². The number of ether oxygens (including phenoxy) is 1. The van der Waals surface area contributed by atoms with Crippen LogP contribution in [-0.4, -0.2) is 41.7 Å². The van der Waals surface area contributed by atoms with Crippen LogP contribution >= 0.6 is 0 Å². The molecular weight excluding hydrogens is 268 g/mol. The Morgan fingerprint density at radius 3 is 2.52 bits per heavy atom. The molecule has 2 N–H and O–H groups in total. The maximum atomic E-state index is 10.7. The normalized spacial score (nSPS) is 11.4. The summed E-state index contributed by atoms with van der Waals surface area (Å²) in [5, 5.41) is 0. The molecule has 1 aromatic heterocycles. The second kappa shape index (κ2) is 8.14. The van der Waals surface area contributed by atoms with Crippen molar-refractivity contribution in [1.82, 2.24) is 14.8 Å². The molecule has 0 fully saturated rings. The van der Waals surface area contributed by atoms with Gasteiger partial charge >= 0.3 is 6.09 Å². The second-order valence-corrected chi connectivity index (χ2v) is 5.27. The number of nitrogens with zero attached hydrogens (tertiary/aromatic N) is 3. The van der Waals surface area contributed by atoms with Gasteiger partial charge in [-0.05, 0) is 23.6 Å². The van der Waals surface area contributed by atoms with Crippen molar-refractivity contribution in [2.24, 2.45) is 11.7 Å². The molecule has 0 spiro atoms. The van der Waals surface area contributed by atoms with Gasteiger partial charge in [0.15, 0.2) is 6.73 Å². The minimum atomic E-state index is -0.768. The fourth-order valence-corrected chi connectivity index (χ4v) is 1.97. The number of hydrogen-bond acceptors (Lipinski definition) is 5. The number of pyridine rings is 1. The van der Waals surface area contributed by atoms with Gasteiger partial charge in [0.1, 0.15) is 0 Å². The van der Waals surface area contributed by atoms with Crippen molar-refractivity contribution >= 4 is 6.09 Å². The van der Waals surface area contributed by atoms with E-state index in [1.165, 1.54) is 5.56 Å². The Kier molecular flexibility index (Phi) is 6.52. The summed E-state index contributed by atoms with van der Waals surface area (Å²) in [7, 11) is 3.88. The van der Waals surface area contributed by atoms with E-state index in [9.17, 15) is 4.79 Å². The van der Waals surface area contributed by atoms with Crippen LogP contribution in [-0.2, 0) is 11.3 Å². The average molecular weight is 292 g/mol. The standard InChI is InChI=1S/C15H24N4O2/c1-12(2)14(19(4)11-21-15(16)20)10-18(3)9-13-5-7-17-8-6-13/h5-8,10,12H,9,11H2,1-4H3,(H2,16,20)/b14-10-. The molecule has 1 aromatic rings. The highest BCUT2D eigenvalue weighted by Crippen LogP contribution is 2.15. The first-order valence-electron chi connectivity index (χ1n) is 6.84. The summed E-state index contributed by atoms with van der Waals surface area (Å²) in [5.41, 5.74) is 7.24. The molecule has 21 heavy (non-hydrogen) atoms. The van der Waals surface area contributed by atoms with Crippen LogP contribution in [0.1, 0.15) is 19.4 Å². The Labute approximate surface area is 126 Å². The average Bonchev–Trinajstić information content (AvgIpc) is 2.43. The van der Waals surface area contributed by atoms with Crippen LogP contribution < -0.4 is 5.73 Å². The maximum absolute atomic E-state index is 10.7. The topological polar surface area (TPSA) is 71.7 Å². The Bertz CT molecular complexity index is 474. The van der Waals surface area contributed by atoms with Gasteiger partial charge in [0.25, 0.3) is 0 Å². The molecule has 0 unspecified atom stereocenters. The Hall–Kier alpha value is -2.24. The van der Waals surface area contributed by atoms with Gasteiger partial charge in [-0.15, -0.1) is 0 Å². The molecule has 0 aliphatic heterocycles. The van der Waals surface area contributed by atoms with Gasteiger partial charge in [-0.2, -0.15) is 0 Å². The third-order valence-electron chi connectivity index (χ3n) is 2.97. The SMILES string of the molecule is CC(C)/C(=C/N(C)Cc1ccncc1)N(C)COC(N)=O. The maximum Gasteiger partial charge on any atom is 0.406 e. The van der Waals surface area contributed by atoms with E-state index in [0.29, 0.717) is 5.92 Å². The van der Waals surface area contributed by atoms with Crippen molar-refractivity contribution in [3.63, 3.8) is 0 Å². The minimum Gasteiger partial charge on any atom is -0.428 e. The van der Waals surface area contributed by atoms with Gasteiger partial charge < -0.3 is 20.3 Å². The zero-order chi connectivity index (χ0) is 15.8. The largest absolute Gasteiger partial charge is 0.428 e. The third-order valence-corrected chi connectivity index (χ3v) is 2.97. The molecule has 6 heteroatoms. The fourth-order valence-electron chi connectivity index (χ4n) is 1.97. The van der Waals surface area contributed by atoms with Gasteiger partial charge in [-0.3, -0.25) is 4.98 Å². The monoisotopic (exact) mass is 292 g/mol. The van der Waals surface area contributed by atoms with E-state index in [0.717, 1.165) is 12.2 Å². The molecule has 0 radical (unpaired) electrons. The lowest BCUT2D eigenvalue weighted by atomic mass is 10.1. The van der Waals surface area contributed by atoms with E-state index in [2.05, 4.69) is 29.9 Å². The fraction of sp³-hybridized carbons (Fsp3) is 0.467. The highest BCUT2D eigenvalue weighted by molar-refractivity contribution is 5.64. The van der Waals surface area contributed by atoms with Crippen LogP contribution in [0.2, 0.25) is 0 Å². The number of carbonyl (C=O) groups excluding carboxylic acids is 1. The van der Waals surface area contributed by atoms with Crippen LogP contribution in [0.4, 0.5) is 4.79 Å². The summed E-state index contributed by atoms with van der Waals surface area (Å²) in [5.74, 6) is 0.298. The third kappa shape index (κ3) is 6.16. The van der Waals surface area contributed by atoms with E-state index in [-0.39, 0.29) is 6.73 Å². The molecule has 0 aliphatic carbocycles. The number of aromatic nitrogens is 1. The van der Waals surface area contributed by atoms with Crippen molar-refractivity contribution in [3.8, 4) is 0 Å². The van der Waals surface area contributed by atoms with Gasteiger partial charge in [-0.25, -0.2) is 4.79 Å². The summed E-state index contributed by atoms with van der Waals surface area (Å²) < 4.78 is 4.83. The first kappa shape index (κ1) is 16.8. The van der Waals surface area contributed by atoms with Gasteiger partial charge in [0, 0.05) is 44.9 Å². The molecule has 1 amide bonds. The van der Waals surface area contributed by atoms with E-state index in [4.69, 9.17) is 10.5 Å². The summed E-state index contributed by atoms with van der Waals surface area (Å²) in [6, 6.07) is 3.97. The number of amides is 1. The molecule has 0 aromatic carbocycles. The van der Waals surface area contributed by atoms with Crippen LogP contribution in [0.25, 0.3) is 0 Å². The van der Waals surface area contributed by atoms with Gasteiger partial charge in [-0.1, -0.05) is 13.8 Å². The van der Waals surface area contributed by atoms with Crippen molar-refractivity contribution in [3.05, 3.63) is 42.0 Å². The molecule has 0 atom stereocenters. The Morgan fingerprint density at radius 2 is 2.00 bits per heavy atom. The van der Waals surface area contributed by atoms with Crippen LogP contribution in [0.15, 0.2) is 36.4 Å². The molecule has 0 saturated heterocycles. The minimum absolute atomic E-state index is 0.141. The number of rotatable bonds is 7.